The van der Waals surface area contributed by atoms with Crippen molar-refractivity contribution >= 4 is 5.91 Å². The van der Waals surface area contributed by atoms with Gasteiger partial charge in [-0.1, -0.05) is 104 Å². The van der Waals surface area contributed by atoms with Crippen LogP contribution in [-0.4, -0.2) is 17.1 Å². The van der Waals surface area contributed by atoms with Crippen molar-refractivity contribution in [2.75, 3.05) is 0 Å². The molecule has 3 heteroatoms. The van der Waals surface area contributed by atoms with Gasteiger partial charge in [0.15, 0.2) is 0 Å². The Bertz CT molecular complexity index is 231. The molecule has 0 aromatic carbocycles. The third-order valence-electron chi connectivity index (χ3n) is 4.16. The van der Waals surface area contributed by atoms with E-state index in [-0.39, 0.29) is 7.43 Å². The molecule has 0 spiro atoms. The summed E-state index contributed by atoms with van der Waals surface area (Å²) in [5.74, 6) is -0.593. The second-order valence-corrected chi connectivity index (χ2v) is 6.30. The Morgan fingerprint density at radius 3 is 1.41 bits per heavy atom. The van der Waals surface area contributed by atoms with Gasteiger partial charge in [-0.25, -0.2) is 0 Å². The molecule has 0 aliphatic rings. The number of amides is 1. The first-order chi connectivity index (χ1) is 10.2. The third kappa shape index (κ3) is 17.5. The molecule has 3 nitrogen and oxygen atoms in total. The van der Waals surface area contributed by atoms with Crippen LogP contribution >= 0.6 is 0 Å². The number of primary amides is 1. The molecule has 3 N–H and O–H groups in total. The SMILES string of the molecule is C.CCCCCCCCCCCCCCCCC(O)C(N)=O. The van der Waals surface area contributed by atoms with Crippen LogP contribution in [0.5, 0.6) is 0 Å². The van der Waals surface area contributed by atoms with Crippen LogP contribution in [0.25, 0.3) is 0 Å². The molecule has 134 valence electrons. The predicted octanol–water partition coefficient (Wildman–Crippen LogP) is 5.34. The standard InChI is InChI=1S/C18H37NO2.CH4/c1-2-3-4-5-6-7-8-9-10-11-12-13-14-15-16-17(20)18(19)21;/h17,20H,2-16H2,1H3,(H2,19,21);1H4. The highest BCUT2D eigenvalue weighted by molar-refractivity contribution is 5.78. The molecule has 0 rings (SSSR count). The molecular formula is C19H41NO2. The van der Waals surface area contributed by atoms with Crippen LogP contribution < -0.4 is 5.73 Å². The van der Waals surface area contributed by atoms with Crippen molar-refractivity contribution in [3.8, 4) is 0 Å². The third-order valence-corrected chi connectivity index (χ3v) is 4.16. The second kappa shape index (κ2) is 18.5. The summed E-state index contributed by atoms with van der Waals surface area (Å²) in [5.41, 5.74) is 5.00. The molecule has 0 saturated carbocycles. The summed E-state index contributed by atoms with van der Waals surface area (Å²) in [6.45, 7) is 2.26. The second-order valence-electron chi connectivity index (χ2n) is 6.30. The summed E-state index contributed by atoms with van der Waals surface area (Å²) in [6.07, 6.45) is 17.9. The normalized spacial score (nSPS) is 11.9. The van der Waals surface area contributed by atoms with Crippen LogP contribution in [0.2, 0.25) is 0 Å². The number of hydrogen-bond donors (Lipinski definition) is 2. The van der Waals surface area contributed by atoms with Crippen molar-refractivity contribution in [2.45, 2.75) is 117 Å². The van der Waals surface area contributed by atoms with E-state index in [0.29, 0.717) is 6.42 Å². The monoisotopic (exact) mass is 315 g/mol. The number of nitrogens with two attached hydrogens (primary N) is 1. The topological polar surface area (TPSA) is 63.3 Å². The lowest BCUT2D eigenvalue weighted by atomic mass is 10.0. The van der Waals surface area contributed by atoms with Gasteiger partial charge in [0.05, 0.1) is 0 Å². The molecule has 0 aliphatic carbocycles. The molecule has 0 aromatic rings. The van der Waals surface area contributed by atoms with Crippen molar-refractivity contribution in [1.29, 1.82) is 0 Å². The van der Waals surface area contributed by atoms with E-state index in [0.717, 1.165) is 12.8 Å². The number of rotatable bonds is 16. The zero-order chi connectivity index (χ0) is 15.8. The number of hydrogen-bond acceptors (Lipinski definition) is 2. The van der Waals surface area contributed by atoms with E-state index < -0.39 is 12.0 Å². The Kier molecular flexibility index (Phi) is 19.9. The number of unbranched alkanes of at least 4 members (excludes halogenated alkanes) is 13. The molecule has 0 radical (unpaired) electrons. The molecule has 1 unspecified atom stereocenters. The van der Waals surface area contributed by atoms with Gasteiger partial charge in [0, 0.05) is 0 Å². The van der Waals surface area contributed by atoms with Crippen molar-refractivity contribution in [1.82, 2.24) is 0 Å². The summed E-state index contributed by atoms with van der Waals surface area (Å²) >= 11 is 0. The van der Waals surface area contributed by atoms with Crippen LogP contribution in [0, 0.1) is 0 Å². The molecule has 0 aromatic heterocycles. The first-order valence-electron chi connectivity index (χ1n) is 9.16. The highest BCUT2D eigenvalue weighted by Crippen LogP contribution is 2.13. The van der Waals surface area contributed by atoms with Gasteiger partial charge in [0.2, 0.25) is 5.91 Å². The van der Waals surface area contributed by atoms with Crippen LogP contribution in [0.1, 0.15) is 111 Å². The lowest BCUT2D eigenvalue weighted by molar-refractivity contribution is -0.126. The average molecular weight is 316 g/mol. The minimum atomic E-state index is -0.942. The number of carbonyl (C=O) groups excluding carboxylic acids is 1. The van der Waals surface area contributed by atoms with Crippen LogP contribution in [0.4, 0.5) is 0 Å². The van der Waals surface area contributed by atoms with E-state index in [1.807, 2.05) is 0 Å². The molecule has 22 heavy (non-hydrogen) atoms. The molecule has 0 bridgehead atoms. The Hall–Kier alpha value is -0.570. The van der Waals surface area contributed by atoms with Crippen LogP contribution in [0.3, 0.4) is 0 Å². The van der Waals surface area contributed by atoms with Gasteiger partial charge < -0.3 is 10.8 Å². The summed E-state index contributed by atoms with van der Waals surface area (Å²) in [4.78, 5) is 10.6. The van der Waals surface area contributed by atoms with Crippen molar-refractivity contribution < 1.29 is 9.90 Å². The Labute approximate surface area is 139 Å². The quantitative estimate of drug-likeness (QED) is 0.378. The first-order valence-corrected chi connectivity index (χ1v) is 9.16. The summed E-state index contributed by atoms with van der Waals surface area (Å²) < 4.78 is 0. The highest BCUT2D eigenvalue weighted by Gasteiger charge is 2.09. The van der Waals surface area contributed by atoms with Gasteiger partial charge in [-0.05, 0) is 6.42 Å². The molecule has 1 atom stereocenters. The first kappa shape index (κ1) is 23.7. The van der Waals surface area contributed by atoms with E-state index >= 15 is 0 Å². The summed E-state index contributed by atoms with van der Waals surface area (Å²) in [7, 11) is 0. The van der Waals surface area contributed by atoms with Gasteiger partial charge in [0.25, 0.3) is 0 Å². The number of carbonyl (C=O) groups is 1. The number of aliphatic hydroxyl groups excluding tert-OH is 1. The van der Waals surface area contributed by atoms with Crippen LogP contribution in [-0.2, 0) is 4.79 Å². The zero-order valence-electron chi connectivity index (χ0n) is 14.1. The largest absolute Gasteiger partial charge is 0.383 e. The maximum atomic E-state index is 10.6. The highest BCUT2D eigenvalue weighted by atomic mass is 16.3. The maximum absolute atomic E-state index is 10.6. The minimum Gasteiger partial charge on any atom is -0.383 e. The molecular weight excluding hydrogens is 274 g/mol. The Balaban J connectivity index is 0. The van der Waals surface area contributed by atoms with Crippen molar-refractivity contribution in [2.24, 2.45) is 5.73 Å². The fourth-order valence-electron chi connectivity index (χ4n) is 2.67. The maximum Gasteiger partial charge on any atom is 0.246 e. The van der Waals surface area contributed by atoms with E-state index in [9.17, 15) is 9.90 Å². The minimum absolute atomic E-state index is 0. The molecule has 0 aliphatic heterocycles. The van der Waals surface area contributed by atoms with E-state index in [1.54, 1.807) is 0 Å². The molecule has 0 saturated heterocycles. The fraction of sp³-hybridized carbons (Fsp3) is 0.947. The molecule has 0 fully saturated rings. The van der Waals surface area contributed by atoms with E-state index in [4.69, 9.17) is 5.73 Å². The zero-order valence-corrected chi connectivity index (χ0v) is 14.1. The van der Waals surface area contributed by atoms with Gasteiger partial charge in [-0.3, -0.25) is 4.79 Å². The van der Waals surface area contributed by atoms with Gasteiger partial charge in [-0.15, -0.1) is 0 Å². The fourth-order valence-corrected chi connectivity index (χ4v) is 2.67. The van der Waals surface area contributed by atoms with Gasteiger partial charge >= 0.3 is 0 Å². The smallest absolute Gasteiger partial charge is 0.246 e. The Morgan fingerprint density at radius 1 is 0.773 bits per heavy atom. The molecule has 0 heterocycles. The van der Waals surface area contributed by atoms with Gasteiger partial charge in [-0.2, -0.15) is 0 Å². The van der Waals surface area contributed by atoms with E-state index in [2.05, 4.69) is 6.92 Å². The van der Waals surface area contributed by atoms with Crippen molar-refractivity contribution in [3.63, 3.8) is 0 Å². The van der Waals surface area contributed by atoms with Gasteiger partial charge in [0.1, 0.15) is 6.10 Å². The average Bonchev–Trinajstić information content (AvgIpc) is 2.47. The Morgan fingerprint density at radius 2 is 1.09 bits per heavy atom. The van der Waals surface area contributed by atoms with Crippen molar-refractivity contribution in [3.05, 3.63) is 0 Å². The number of aliphatic hydroxyl groups is 1. The lowest BCUT2D eigenvalue weighted by Gasteiger charge is -2.06. The predicted molar refractivity (Wildman–Crippen MR) is 96.9 cm³/mol. The molecule has 1 amide bonds. The lowest BCUT2D eigenvalue weighted by Crippen LogP contribution is -2.27. The van der Waals surface area contributed by atoms with Crippen LogP contribution in [0.15, 0.2) is 0 Å². The van der Waals surface area contributed by atoms with E-state index in [1.165, 1.54) is 77.0 Å². The summed E-state index contributed by atoms with van der Waals surface area (Å²) in [6, 6.07) is 0. The summed E-state index contributed by atoms with van der Waals surface area (Å²) in [5, 5.41) is 9.24.